The Balaban J connectivity index is 1.96. The zero-order chi connectivity index (χ0) is 19.6. The molecule has 27 heavy (non-hydrogen) atoms. The van der Waals surface area contributed by atoms with E-state index in [0.29, 0.717) is 5.75 Å². The topological polar surface area (TPSA) is 76.0 Å². The van der Waals surface area contributed by atoms with Crippen LogP contribution in [0.3, 0.4) is 0 Å². The molecule has 0 aliphatic rings. The zero-order valence-corrected chi connectivity index (χ0v) is 15.4. The Hall–Kier alpha value is -3.21. The predicted molar refractivity (Wildman–Crippen MR) is 106 cm³/mol. The summed E-state index contributed by atoms with van der Waals surface area (Å²) in [6.45, 7) is 3.80. The first-order valence-corrected chi connectivity index (χ1v) is 8.80. The maximum atomic E-state index is 11.9. The fourth-order valence-corrected chi connectivity index (χ4v) is 2.34. The van der Waals surface area contributed by atoms with E-state index in [2.05, 4.69) is 4.99 Å². The van der Waals surface area contributed by atoms with Gasteiger partial charge in [0.25, 0.3) is 0 Å². The molecule has 0 amide bonds. The number of benzene rings is 2. The van der Waals surface area contributed by atoms with Crippen LogP contribution in [0.4, 0.5) is 0 Å². The van der Waals surface area contributed by atoms with Crippen LogP contribution >= 0.6 is 0 Å². The Kier molecular flexibility index (Phi) is 7.49. The maximum Gasteiger partial charge on any atom is 0.336 e. The van der Waals surface area contributed by atoms with E-state index in [9.17, 15) is 14.7 Å². The van der Waals surface area contributed by atoms with Crippen molar-refractivity contribution in [2.24, 2.45) is 10.9 Å². The zero-order valence-electron chi connectivity index (χ0n) is 15.4. The average molecular weight is 365 g/mol. The molecule has 5 heteroatoms. The normalized spacial score (nSPS) is 13.6. The number of esters is 1. The molecule has 0 bridgehead atoms. The summed E-state index contributed by atoms with van der Waals surface area (Å²) >= 11 is 0. The van der Waals surface area contributed by atoms with Crippen LogP contribution in [0.2, 0.25) is 0 Å². The molecule has 0 aliphatic heterocycles. The first kappa shape index (κ1) is 20.1. The van der Waals surface area contributed by atoms with Gasteiger partial charge in [-0.05, 0) is 47.4 Å². The minimum absolute atomic E-state index is 0.0459. The molecule has 2 aromatic rings. The number of nitrogens with zero attached hydrogens (tertiary/aromatic N) is 1. The van der Waals surface area contributed by atoms with Crippen molar-refractivity contribution in [1.29, 1.82) is 0 Å². The molecular weight excluding hydrogens is 342 g/mol. The van der Waals surface area contributed by atoms with Crippen LogP contribution in [-0.2, 0) is 9.59 Å². The van der Waals surface area contributed by atoms with Gasteiger partial charge >= 0.3 is 11.9 Å². The highest BCUT2D eigenvalue weighted by atomic mass is 16.5. The van der Waals surface area contributed by atoms with E-state index in [4.69, 9.17) is 4.74 Å². The first-order chi connectivity index (χ1) is 13.0. The van der Waals surface area contributed by atoms with Crippen LogP contribution in [0.1, 0.15) is 31.4 Å². The van der Waals surface area contributed by atoms with Crippen molar-refractivity contribution in [3.05, 3.63) is 71.8 Å². The molecule has 2 rings (SSSR count). The van der Waals surface area contributed by atoms with Crippen molar-refractivity contribution in [3.63, 3.8) is 0 Å². The summed E-state index contributed by atoms with van der Waals surface area (Å²) < 4.78 is 5.25. The molecule has 0 heterocycles. The number of carbonyl (C=O) groups excluding carboxylic acids is 1. The third-order valence-electron chi connectivity index (χ3n) is 4.13. The van der Waals surface area contributed by atoms with Crippen molar-refractivity contribution < 1.29 is 19.4 Å². The van der Waals surface area contributed by atoms with Gasteiger partial charge in [0.2, 0.25) is 0 Å². The molecule has 0 aliphatic carbocycles. The van der Waals surface area contributed by atoms with E-state index < -0.39 is 18.0 Å². The number of aliphatic imine (C=N–C) groups is 1. The summed E-state index contributed by atoms with van der Waals surface area (Å²) in [5.41, 5.74) is 1.65. The first-order valence-electron chi connectivity index (χ1n) is 8.80. The third-order valence-corrected chi connectivity index (χ3v) is 4.13. The SMILES string of the molecule is CCC(C)C(N=Cc1ccc(OC(=O)C=Cc2ccccc2)cc1)C(=O)O. The number of aliphatic carboxylic acids is 1. The standard InChI is InChI=1S/C22H23NO4/c1-3-16(2)21(22(25)26)23-15-18-9-12-19(13-10-18)27-20(24)14-11-17-7-5-4-6-8-17/h4-16,21H,3H2,1-2H3,(H,25,26). The van der Waals surface area contributed by atoms with Gasteiger partial charge in [-0.2, -0.15) is 0 Å². The molecule has 0 saturated carbocycles. The number of ether oxygens (including phenoxy) is 1. The predicted octanol–water partition coefficient (Wildman–Crippen LogP) is 4.22. The van der Waals surface area contributed by atoms with Gasteiger partial charge in [0.05, 0.1) is 0 Å². The van der Waals surface area contributed by atoms with E-state index in [1.165, 1.54) is 12.3 Å². The van der Waals surface area contributed by atoms with Gasteiger partial charge in [-0.3, -0.25) is 4.99 Å². The van der Waals surface area contributed by atoms with E-state index in [0.717, 1.165) is 17.5 Å². The number of hydrogen-bond donors (Lipinski definition) is 1. The van der Waals surface area contributed by atoms with E-state index in [1.54, 1.807) is 30.3 Å². The van der Waals surface area contributed by atoms with Crippen molar-refractivity contribution >= 4 is 24.2 Å². The van der Waals surface area contributed by atoms with Crippen LogP contribution in [0.15, 0.2) is 65.7 Å². The van der Waals surface area contributed by atoms with Crippen molar-refractivity contribution in [1.82, 2.24) is 0 Å². The van der Waals surface area contributed by atoms with E-state index in [1.807, 2.05) is 44.2 Å². The lowest BCUT2D eigenvalue weighted by Gasteiger charge is -2.13. The largest absolute Gasteiger partial charge is 0.480 e. The summed E-state index contributed by atoms with van der Waals surface area (Å²) in [6, 6.07) is 15.4. The minimum Gasteiger partial charge on any atom is -0.480 e. The smallest absolute Gasteiger partial charge is 0.336 e. The second-order valence-electron chi connectivity index (χ2n) is 6.18. The fourth-order valence-electron chi connectivity index (χ4n) is 2.34. The summed E-state index contributed by atoms with van der Waals surface area (Å²) in [6.07, 6.45) is 5.32. The molecule has 1 N–H and O–H groups in total. The molecule has 0 radical (unpaired) electrons. The Morgan fingerprint density at radius 3 is 2.33 bits per heavy atom. The molecule has 2 atom stereocenters. The molecule has 0 spiro atoms. The lowest BCUT2D eigenvalue weighted by Crippen LogP contribution is -2.25. The summed E-state index contributed by atoms with van der Waals surface area (Å²) in [4.78, 5) is 27.3. The van der Waals surface area contributed by atoms with Crippen LogP contribution in [0, 0.1) is 5.92 Å². The lowest BCUT2D eigenvalue weighted by molar-refractivity contribution is -0.139. The second-order valence-corrected chi connectivity index (χ2v) is 6.18. The van der Waals surface area contributed by atoms with Crippen molar-refractivity contribution in [2.45, 2.75) is 26.3 Å². The number of carboxylic acids is 1. The van der Waals surface area contributed by atoms with Crippen molar-refractivity contribution in [3.8, 4) is 5.75 Å². The molecule has 2 unspecified atom stereocenters. The summed E-state index contributed by atoms with van der Waals surface area (Å²) in [7, 11) is 0. The Morgan fingerprint density at radius 1 is 1.07 bits per heavy atom. The van der Waals surface area contributed by atoms with Crippen LogP contribution < -0.4 is 4.74 Å². The van der Waals surface area contributed by atoms with Gasteiger partial charge in [0.1, 0.15) is 11.8 Å². The van der Waals surface area contributed by atoms with Crippen molar-refractivity contribution in [2.75, 3.05) is 0 Å². The van der Waals surface area contributed by atoms with Gasteiger partial charge in [-0.15, -0.1) is 0 Å². The summed E-state index contributed by atoms with van der Waals surface area (Å²) in [5, 5.41) is 9.25. The minimum atomic E-state index is -0.934. The molecule has 140 valence electrons. The Labute approximate surface area is 159 Å². The van der Waals surface area contributed by atoms with Gasteiger partial charge < -0.3 is 9.84 Å². The van der Waals surface area contributed by atoms with Gasteiger partial charge in [-0.1, -0.05) is 50.6 Å². The molecular formula is C22H23NO4. The van der Waals surface area contributed by atoms with Crippen LogP contribution in [-0.4, -0.2) is 29.3 Å². The number of carboxylic acid groups (broad SMARTS) is 1. The maximum absolute atomic E-state index is 11.9. The third kappa shape index (κ3) is 6.55. The molecule has 5 nitrogen and oxygen atoms in total. The number of carbonyl (C=O) groups is 2. The fraction of sp³-hybridized carbons (Fsp3) is 0.227. The van der Waals surface area contributed by atoms with Crippen LogP contribution in [0.5, 0.6) is 5.75 Å². The molecule has 0 saturated heterocycles. The lowest BCUT2D eigenvalue weighted by atomic mass is 10.00. The quantitative estimate of drug-likeness (QED) is 0.329. The van der Waals surface area contributed by atoms with Gasteiger partial charge in [0.15, 0.2) is 0 Å². The molecule has 0 aromatic heterocycles. The number of rotatable bonds is 8. The van der Waals surface area contributed by atoms with Crippen LogP contribution in [0.25, 0.3) is 6.08 Å². The van der Waals surface area contributed by atoms with Gasteiger partial charge in [-0.25, -0.2) is 9.59 Å². The highest BCUT2D eigenvalue weighted by molar-refractivity contribution is 5.89. The Bertz CT molecular complexity index is 810. The Morgan fingerprint density at radius 2 is 1.74 bits per heavy atom. The van der Waals surface area contributed by atoms with Gasteiger partial charge in [0, 0.05) is 12.3 Å². The molecule has 0 fully saturated rings. The van der Waals surface area contributed by atoms with E-state index in [-0.39, 0.29) is 5.92 Å². The highest BCUT2D eigenvalue weighted by Crippen LogP contribution is 2.14. The molecule has 2 aromatic carbocycles. The van der Waals surface area contributed by atoms with E-state index >= 15 is 0 Å². The highest BCUT2D eigenvalue weighted by Gasteiger charge is 2.21. The number of hydrogen-bond acceptors (Lipinski definition) is 4. The average Bonchev–Trinajstić information content (AvgIpc) is 2.68. The second kappa shape index (κ2) is 10.1. The monoisotopic (exact) mass is 365 g/mol. The summed E-state index contributed by atoms with van der Waals surface area (Å²) in [5.74, 6) is -1.04.